The molecule has 0 amide bonds. The quantitative estimate of drug-likeness (QED) is 0.329. The van der Waals surface area contributed by atoms with Gasteiger partial charge in [-0.1, -0.05) is 0 Å². The molecule has 0 bridgehead atoms. The van der Waals surface area contributed by atoms with E-state index in [1.807, 2.05) is 0 Å². The molecule has 1 saturated heterocycles. The molecule has 0 spiro atoms. The van der Waals surface area contributed by atoms with Crippen LogP contribution in [0.1, 0.15) is 38.5 Å². The van der Waals surface area contributed by atoms with Gasteiger partial charge in [0.05, 0.1) is 0 Å². The maximum atomic E-state index is 9.25. The van der Waals surface area contributed by atoms with Crippen LogP contribution in [0.15, 0.2) is 0 Å². The molecular formula is C22H48N4O4. The van der Waals surface area contributed by atoms with Crippen LogP contribution >= 0.6 is 0 Å². The number of aliphatic hydroxyl groups excluding tert-OH is 4. The van der Waals surface area contributed by atoms with Gasteiger partial charge in [-0.3, -0.25) is 0 Å². The van der Waals surface area contributed by atoms with Crippen molar-refractivity contribution < 1.29 is 20.4 Å². The lowest BCUT2D eigenvalue weighted by atomic mass is 10.2. The minimum atomic E-state index is 0.233. The van der Waals surface area contributed by atoms with Crippen LogP contribution in [0, 0.1) is 0 Å². The standard InChI is InChI=1S/C22H48N4O4/c27-19-3-11-23-7-1-8-24(12-4-20-28)16-18-26(14-6-22-30)10-2-9-25(17-15-23)13-5-21-29/h27-30H,1-22H2. The summed E-state index contributed by atoms with van der Waals surface area (Å²) in [5, 5.41) is 37.0. The number of rotatable bonds is 12. The molecule has 1 fully saturated rings. The molecule has 0 atom stereocenters. The molecule has 0 saturated carbocycles. The lowest BCUT2D eigenvalue weighted by Crippen LogP contribution is -2.42. The van der Waals surface area contributed by atoms with Gasteiger partial charge in [0.2, 0.25) is 0 Å². The zero-order valence-corrected chi connectivity index (χ0v) is 19.1. The molecule has 8 nitrogen and oxygen atoms in total. The predicted molar refractivity (Wildman–Crippen MR) is 122 cm³/mol. The molecule has 0 aliphatic carbocycles. The minimum Gasteiger partial charge on any atom is -0.396 e. The SMILES string of the molecule is OCCCN1CCCN(CCCO)CCN(CCCO)CCCN(CCCO)CC1. The molecule has 1 rings (SSSR count). The summed E-state index contributed by atoms with van der Waals surface area (Å²) in [5.74, 6) is 0. The van der Waals surface area contributed by atoms with Gasteiger partial charge in [-0.05, 0) is 64.7 Å². The van der Waals surface area contributed by atoms with E-state index in [0.717, 1.165) is 117 Å². The highest BCUT2D eigenvalue weighted by molar-refractivity contribution is 4.70. The summed E-state index contributed by atoms with van der Waals surface area (Å²) in [6, 6.07) is 0. The van der Waals surface area contributed by atoms with Crippen molar-refractivity contribution in [1.29, 1.82) is 0 Å². The molecule has 30 heavy (non-hydrogen) atoms. The monoisotopic (exact) mass is 432 g/mol. The second kappa shape index (κ2) is 19.4. The fourth-order valence-electron chi connectivity index (χ4n) is 4.12. The van der Waals surface area contributed by atoms with Crippen molar-refractivity contribution in [1.82, 2.24) is 19.6 Å². The first-order valence-electron chi connectivity index (χ1n) is 12.1. The summed E-state index contributed by atoms with van der Waals surface area (Å²) in [7, 11) is 0. The Balaban J connectivity index is 2.72. The predicted octanol–water partition coefficient (Wildman–Crippen LogP) is -0.482. The zero-order valence-electron chi connectivity index (χ0n) is 19.1. The summed E-state index contributed by atoms with van der Waals surface area (Å²) >= 11 is 0. The molecule has 0 unspecified atom stereocenters. The van der Waals surface area contributed by atoms with Gasteiger partial charge in [0.15, 0.2) is 0 Å². The van der Waals surface area contributed by atoms with Crippen LogP contribution in [0.2, 0.25) is 0 Å². The van der Waals surface area contributed by atoms with Gasteiger partial charge in [0.25, 0.3) is 0 Å². The van der Waals surface area contributed by atoms with E-state index in [1.54, 1.807) is 0 Å². The average Bonchev–Trinajstić information content (AvgIpc) is 2.76. The van der Waals surface area contributed by atoms with E-state index in [9.17, 15) is 20.4 Å². The molecule has 0 aromatic heterocycles. The second-order valence-electron chi connectivity index (χ2n) is 8.38. The smallest absolute Gasteiger partial charge is 0.0443 e. The van der Waals surface area contributed by atoms with Crippen molar-refractivity contribution in [2.45, 2.75) is 38.5 Å². The van der Waals surface area contributed by atoms with E-state index >= 15 is 0 Å². The fraction of sp³-hybridized carbons (Fsp3) is 1.00. The maximum absolute atomic E-state index is 9.25. The molecule has 1 aliphatic heterocycles. The molecule has 0 aromatic carbocycles. The first-order chi connectivity index (χ1) is 14.7. The Kier molecular flexibility index (Phi) is 17.9. The first kappa shape index (κ1) is 27.7. The van der Waals surface area contributed by atoms with Crippen LogP contribution in [0.25, 0.3) is 0 Å². The van der Waals surface area contributed by atoms with Crippen molar-refractivity contribution >= 4 is 0 Å². The van der Waals surface area contributed by atoms with Gasteiger partial charge >= 0.3 is 0 Å². The van der Waals surface area contributed by atoms with Crippen molar-refractivity contribution in [2.75, 3.05) is 105 Å². The molecule has 0 aromatic rings. The third kappa shape index (κ3) is 13.9. The fourth-order valence-corrected chi connectivity index (χ4v) is 4.12. The van der Waals surface area contributed by atoms with Crippen LogP contribution in [0.3, 0.4) is 0 Å². The molecule has 8 heteroatoms. The molecule has 4 N–H and O–H groups in total. The van der Waals surface area contributed by atoms with Crippen molar-refractivity contribution in [3.05, 3.63) is 0 Å². The maximum Gasteiger partial charge on any atom is 0.0443 e. The number of hydrogen-bond acceptors (Lipinski definition) is 8. The van der Waals surface area contributed by atoms with Gasteiger partial charge in [0.1, 0.15) is 0 Å². The van der Waals surface area contributed by atoms with Crippen LogP contribution in [-0.4, -0.2) is 145 Å². The summed E-state index contributed by atoms with van der Waals surface area (Å²) in [4.78, 5) is 9.86. The van der Waals surface area contributed by atoms with Gasteiger partial charge in [-0.25, -0.2) is 0 Å². The summed E-state index contributed by atoms with van der Waals surface area (Å²) in [5.41, 5.74) is 0. The first-order valence-corrected chi connectivity index (χ1v) is 12.1. The number of hydrogen-bond donors (Lipinski definition) is 4. The Morgan fingerprint density at radius 3 is 0.800 bits per heavy atom. The summed E-state index contributed by atoms with van der Waals surface area (Å²) < 4.78 is 0. The zero-order chi connectivity index (χ0) is 21.9. The van der Waals surface area contributed by atoms with Gasteiger partial charge < -0.3 is 40.0 Å². The van der Waals surface area contributed by atoms with Gasteiger partial charge in [-0.2, -0.15) is 0 Å². The highest BCUT2D eigenvalue weighted by atomic mass is 16.3. The molecule has 0 radical (unpaired) electrons. The van der Waals surface area contributed by atoms with E-state index < -0.39 is 0 Å². The van der Waals surface area contributed by atoms with Gasteiger partial charge in [0, 0.05) is 78.8 Å². The summed E-state index contributed by atoms with van der Waals surface area (Å²) in [6.45, 7) is 12.7. The second-order valence-corrected chi connectivity index (χ2v) is 8.38. The highest BCUT2D eigenvalue weighted by Crippen LogP contribution is 2.05. The third-order valence-corrected chi connectivity index (χ3v) is 5.89. The molecule has 1 heterocycles. The summed E-state index contributed by atoms with van der Waals surface area (Å²) in [6.07, 6.45) is 5.42. The Morgan fingerprint density at radius 2 is 0.600 bits per heavy atom. The van der Waals surface area contributed by atoms with Crippen LogP contribution < -0.4 is 0 Å². The Labute approximate surface area is 184 Å². The van der Waals surface area contributed by atoms with Crippen LogP contribution in [-0.2, 0) is 0 Å². The largest absolute Gasteiger partial charge is 0.396 e. The van der Waals surface area contributed by atoms with E-state index in [1.165, 1.54) is 0 Å². The van der Waals surface area contributed by atoms with E-state index in [0.29, 0.717) is 0 Å². The molecule has 180 valence electrons. The molecular weight excluding hydrogens is 384 g/mol. The average molecular weight is 433 g/mol. The number of aliphatic hydroxyl groups is 4. The Bertz CT molecular complexity index is 313. The minimum absolute atomic E-state index is 0.233. The van der Waals surface area contributed by atoms with Gasteiger partial charge in [-0.15, -0.1) is 0 Å². The van der Waals surface area contributed by atoms with E-state index in [4.69, 9.17) is 0 Å². The van der Waals surface area contributed by atoms with Crippen molar-refractivity contribution in [3.8, 4) is 0 Å². The Morgan fingerprint density at radius 1 is 0.367 bits per heavy atom. The number of nitrogens with zero attached hydrogens (tertiary/aromatic N) is 4. The lowest BCUT2D eigenvalue weighted by Gasteiger charge is -2.32. The lowest BCUT2D eigenvalue weighted by molar-refractivity contribution is 0.140. The van der Waals surface area contributed by atoms with Crippen LogP contribution in [0.4, 0.5) is 0 Å². The molecule has 1 aliphatic rings. The highest BCUT2D eigenvalue weighted by Gasteiger charge is 2.14. The van der Waals surface area contributed by atoms with E-state index in [2.05, 4.69) is 19.6 Å². The van der Waals surface area contributed by atoms with Crippen LogP contribution in [0.5, 0.6) is 0 Å². The third-order valence-electron chi connectivity index (χ3n) is 5.89. The Hall–Kier alpha value is -0.320. The van der Waals surface area contributed by atoms with E-state index in [-0.39, 0.29) is 26.4 Å². The normalized spacial score (nSPS) is 20.4. The topological polar surface area (TPSA) is 93.9 Å². The van der Waals surface area contributed by atoms with Crippen molar-refractivity contribution in [3.63, 3.8) is 0 Å². The van der Waals surface area contributed by atoms with Crippen molar-refractivity contribution in [2.24, 2.45) is 0 Å².